The van der Waals surface area contributed by atoms with Gasteiger partial charge in [-0.15, -0.1) is 0 Å². The molecule has 0 aliphatic carbocycles. The number of hydrogen-bond acceptors (Lipinski definition) is 5. The van der Waals surface area contributed by atoms with E-state index in [9.17, 15) is 0 Å². The van der Waals surface area contributed by atoms with Gasteiger partial charge in [0, 0.05) is 51.0 Å². The minimum absolute atomic E-state index is 0.338. The van der Waals surface area contributed by atoms with Crippen molar-refractivity contribution in [3.63, 3.8) is 0 Å². The average molecular weight is 284 g/mol. The van der Waals surface area contributed by atoms with Crippen molar-refractivity contribution >= 4 is 17.4 Å². The lowest BCUT2D eigenvalue weighted by atomic mass is 10.3. The second kappa shape index (κ2) is 6.50. The van der Waals surface area contributed by atoms with Crippen LogP contribution in [0.3, 0.4) is 0 Å². The van der Waals surface area contributed by atoms with Crippen molar-refractivity contribution in [2.75, 3.05) is 58.3 Å². The number of rotatable bonds is 4. The van der Waals surface area contributed by atoms with Crippen molar-refractivity contribution in [2.24, 2.45) is 0 Å². The number of aromatic nitrogens is 2. The molecule has 1 fully saturated rings. The molecule has 6 heteroatoms. The van der Waals surface area contributed by atoms with E-state index in [-0.39, 0.29) is 0 Å². The van der Waals surface area contributed by atoms with Gasteiger partial charge in [-0.05, 0) is 32.6 Å². The molecule has 1 aliphatic heterocycles. The zero-order valence-corrected chi connectivity index (χ0v) is 12.7. The van der Waals surface area contributed by atoms with Gasteiger partial charge in [0.05, 0.1) is 0 Å². The number of nitrogens with zero attached hydrogens (tertiary/aromatic N) is 5. The van der Waals surface area contributed by atoms with Gasteiger partial charge in [0.2, 0.25) is 5.28 Å². The van der Waals surface area contributed by atoms with Gasteiger partial charge >= 0.3 is 0 Å². The average Bonchev–Trinajstić information content (AvgIpc) is 2.36. The summed E-state index contributed by atoms with van der Waals surface area (Å²) in [6.07, 6.45) is 0. The maximum absolute atomic E-state index is 5.92. The zero-order valence-electron chi connectivity index (χ0n) is 11.9. The Balaban J connectivity index is 1.89. The summed E-state index contributed by atoms with van der Waals surface area (Å²) in [5.41, 5.74) is 0.921. The van der Waals surface area contributed by atoms with Crippen LogP contribution in [0.5, 0.6) is 0 Å². The molecule has 0 unspecified atom stereocenters. The summed E-state index contributed by atoms with van der Waals surface area (Å²) in [5.74, 6) is 0.949. The van der Waals surface area contributed by atoms with E-state index in [1.165, 1.54) is 0 Å². The Kier molecular flexibility index (Phi) is 4.96. The first-order valence-corrected chi connectivity index (χ1v) is 7.05. The Labute approximate surface area is 120 Å². The Bertz CT molecular complexity index is 395. The highest BCUT2D eigenvalue weighted by molar-refractivity contribution is 6.28. The van der Waals surface area contributed by atoms with Crippen LogP contribution in [0.1, 0.15) is 5.69 Å². The largest absolute Gasteiger partial charge is 0.354 e. The van der Waals surface area contributed by atoms with E-state index < -0.39 is 0 Å². The third kappa shape index (κ3) is 4.30. The summed E-state index contributed by atoms with van der Waals surface area (Å²) >= 11 is 5.92. The van der Waals surface area contributed by atoms with Crippen LogP contribution in [0.15, 0.2) is 6.07 Å². The first-order valence-electron chi connectivity index (χ1n) is 6.68. The predicted octanol–water partition coefficient (Wildman–Crippen LogP) is 1.12. The molecule has 1 aromatic rings. The Morgan fingerprint density at radius 1 is 1.21 bits per heavy atom. The van der Waals surface area contributed by atoms with E-state index in [1.807, 2.05) is 13.0 Å². The number of likely N-dealkylation sites (N-methyl/N-ethyl adjacent to an activating group) is 1. The van der Waals surface area contributed by atoms with Crippen molar-refractivity contribution < 1.29 is 0 Å². The smallest absolute Gasteiger partial charge is 0.224 e. The van der Waals surface area contributed by atoms with Crippen LogP contribution < -0.4 is 4.90 Å². The topological polar surface area (TPSA) is 35.5 Å². The number of piperazine rings is 1. The highest BCUT2D eigenvalue weighted by atomic mass is 35.5. The predicted molar refractivity (Wildman–Crippen MR) is 79.0 cm³/mol. The number of anilines is 1. The SMILES string of the molecule is Cc1cc(N2CCN(CCN(C)C)CC2)nc(Cl)n1. The van der Waals surface area contributed by atoms with Crippen molar-refractivity contribution in [1.29, 1.82) is 0 Å². The van der Waals surface area contributed by atoms with E-state index in [0.717, 1.165) is 50.8 Å². The molecule has 0 radical (unpaired) electrons. The molecule has 106 valence electrons. The second-order valence-corrected chi connectivity index (χ2v) is 5.61. The normalized spacial score (nSPS) is 17.2. The third-order valence-electron chi connectivity index (χ3n) is 3.37. The van der Waals surface area contributed by atoms with Gasteiger partial charge < -0.3 is 9.80 Å². The molecule has 5 nitrogen and oxygen atoms in total. The molecule has 2 rings (SSSR count). The van der Waals surface area contributed by atoms with Gasteiger partial charge in [0.15, 0.2) is 0 Å². The number of hydrogen-bond donors (Lipinski definition) is 0. The van der Waals surface area contributed by atoms with Crippen molar-refractivity contribution in [3.05, 3.63) is 17.0 Å². The van der Waals surface area contributed by atoms with Crippen LogP contribution in [0.4, 0.5) is 5.82 Å². The molecule has 0 spiro atoms. The molecular formula is C13H22ClN5. The van der Waals surface area contributed by atoms with Crippen LogP contribution in [0.25, 0.3) is 0 Å². The van der Waals surface area contributed by atoms with Crippen molar-refractivity contribution in [3.8, 4) is 0 Å². The van der Waals surface area contributed by atoms with E-state index in [2.05, 4.69) is 38.8 Å². The lowest BCUT2D eigenvalue weighted by Gasteiger charge is -2.35. The molecule has 0 aromatic carbocycles. The van der Waals surface area contributed by atoms with Gasteiger partial charge in [-0.2, -0.15) is 0 Å². The first-order chi connectivity index (χ1) is 9.04. The van der Waals surface area contributed by atoms with Gasteiger partial charge in [-0.3, -0.25) is 4.90 Å². The zero-order chi connectivity index (χ0) is 13.8. The molecule has 0 bridgehead atoms. The highest BCUT2D eigenvalue weighted by Crippen LogP contribution is 2.16. The van der Waals surface area contributed by atoms with Crippen LogP contribution in [0, 0.1) is 6.92 Å². The molecule has 0 atom stereocenters. The van der Waals surface area contributed by atoms with Crippen LogP contribution in [-0.2, 0) is 0 Å². The summed E-state index contributed by atoms with van der Waals surface area (Å²) in [5, 5.41) is 0.338. The lowest BCUT2D eigenvalue weighted by molar-refractivity contribution is 0.229. The third-order valence-corrected chi connectivity index (χ3v) is 3.54. The minimum atomic E-state index is 0.338. The fourth-order valence-corrected chi connectivity index (χ4v) is 2.44. The molecule has 19 heavy (non-hydrogen) atoms. The summed E-state index contributed by atoms with van der Waals surface area (Å²) in [6, 6.07) is 2.00. The van der Waals surface area contributed by atoms with Gasteiger partial charge in [-0.25, -0.2) is 9.97 Å². The standard InChI is InChI=1S/C13H22ClN5/c1-11-10-12(16-13(14)15-11)19-8-6-18(7-9-19)5-4-17(2)3/h10H,4-9H2,1-3H3. The van der Waals surface area contributed by atoms with E-state index in [4.69, 9.17) is 11.6 Å². The molecular weight excluding hydrogens is 262 g/mol. The summed E-state index contributed by atoms with van der Waals surface area (Å²) < 4.78 is 0. The molecule has 1 saturated heterocycles. The van der Waals surface area contributed by atoms with E-state index in [0.29, 0.717) is 5.28 Å². The maximum atomic E-state index is 5.92. The molecule has 0 amide bonds. The van der Waals surface area contributed by atoms with E-state index >= 15 is 0 Å². The molecule has 0 saturated carbocycles. The molecule has 2 heterocycles. The number of halogens is 1. The molecule has 1 aliphatic rings. The van der Waals surface area contributed by atoms with Crippen molar-refractivity contribution in [2.45, 2.75) is 6.92 Å². The fraction of sp³-hybridized carbons (Fsp3) is 0.692. The highest BCUT2D eigenvalue weighted by Gasteiger charge is 2.18. The van der Waals surface area contributed by atoms with Crippen molar-refractivity contribution in [1.82, 2.24) is 19.8 Å². The van der Waals surface area contributed by atoms with Crippen LogP contribution in [-0.4, -0.2) is 73.1 Å². The quantitative estimate of drug-likeness (QED) is 0.774. The Morgan fingerprint density at radius 2 is 1.89 bits per heavy atom. The van der Waals surface area contributed by atoms with Crippen LogP contribution >= 0.6 is 11.6 Å². The molecule has 1 aromatic heterocycles. The number of aryl methyl sites for hydroxylation is 1. The summed E-state index contributed by atoms with van der Waals surface area (Å²) in [6.45, 7) is 8.34. The summed E-state index contributed by atoms with van der Waals surface area (Å²) in [7, 11) is 4.23. The molecule has 0 N–H and O–H groups in total. The van der Waals surface area contributed by atoms with Crippen LogP contribution in [0.2, 0.25) is 5.28 Å². The fourth-order valence-electron chi connectivity index (χ4n) is 2.22. The van der Waals surface area contributed by atoms with Gasteiger partial charge in [0.1, 0.15) is 5.82 Å². The monoisotopic (exact) mass is 283 g/mol. The first kappa shape index (κ1) is 14.5. The minimum Gasteiger partial charge on any atom is -0.354 e. The lowest BCUT2D eigenvalue weighted by Crippen LogP contribution is -2.48. The Hall–Kier alpha value is -0.910. The van der Waals surface area contributed by atoms with Gasteiger partial charge in [-0.1, -0.05) is 0 Å². The van der Waals surface area contributed by atoms with E-state index in [1.54, 1.807) is 0 Å². The Morgan fingerprint density at radius 3 is 2.47 bits per heavy atom. The maximum Gasteiger partial charge on any atom is 0.224 e. The van der Waals surface area contributed by atoms with Gasteiger partial charge in [0.25, 0.3) is 0 Å². The second-order valence-electron chi connectivity index (χ2n) is 5.27. The summed E-state index contributed by atoms with van der Waals surface area (Å²) in [4.78, 5) is 15.4.